The van der Waals surface area contributed by atoms with Crippen LogP contribution in [0, 0.1) is 11.3 Å². The Morgan fingerprint density at radius 1 is 1.07 bits per heavy atom. The second-order valence-electron chi connectivity index (χ2n) is 10.6. The van der Waals surface area contributed by atoms with Gasteiger partial charge < -0.3 is 20.5 Å². The number of nitrogens with one attached hydrogen (secondary N) is 2. The van der Waals surface area contributed by atoms with Crippen LogP contribution in [0.1, 0.15) is 51.2 Å². The van der Waals surface area contributed by atoms with Gasteiger partial charge in [0, 0.05) is 19.0 Å². The lowest BCUT2D eigenvalue weighted by atomic mass is 9.82. The van der Waals surface area contributed by atoms with Crippen molar-refractivity contribution >= 4 is 23.9 Å². The molecule has 1 saturated heterocycles. The zero-order chi connectivity index (χ0) is 29.4. The van der Waals surface area contributed by atoms with E-state index in [4.69, 9.17) is 20.6 Å². The van der Waals surface area contributed by atoms with Crippen LogP contribution < -0.4 is 15.8 Å². The summed E-state index contributed by atoms with van der Waals surface area (Å²) in [6, 6.07) is 15.4. The van der Waals surface area contributed by atoms with Crippen molar-refractivity contribution in [3.05, 3.63) is 65.7 Å². The molecule has 10 heteroatoms. The first-order valence-corrected chi connectivity index (χ1v) is 13.6. The molecule has 2 aromatic carbocycles. The Kier molecular flexibility index (Phi) is 10.1. The van der Waals surface area contributed by atoms with E-state index in [1.807, 2.05) is 49.4 Å². The first-order chi connectivity index (χ1) is 19.0. The minimum absolute atomic E-state index is 0.0569. The van der Waals surface area contributed by atoms with Gasteiger partial charge in [0.2, 0.25) is 5.91 Å². The van der Waals surface area contributed by atoms with Crippen LogP contribution in [0.3, 0.4) is 0 Å². The van der Waals surface area contributed by atoms with E-state index in [1.54, 1.807) is 19.2 Å². The maximum Gasteiger partial charge on any atom is 0.410 e. The van der Waals surface area contributed by atoms with Gasteiger partial charge in [0.25, 0.3) is 5.91 Å². The van der Waals surface area contributed by atoms with Gasteiger partial charge in [-0.15, -0.1) is 0 Å². The number of guanidine groups is 1. The number of benzene rings is 2. The zero-order valence-electron chi connectivity index (χ0n) is 24.0. The number of carbonyl (C=O) groups excluding carboxylic acids is 3. The number of methoxy groups -OCH3 is 2. The van der Waals surface area contributed by atoms with Gasteiger partial charge in [-0.3, -0.25) is 24.8 Å². The van der Waals surface area contributed by atoms with E-state index in [1.165, 1.54) is 16.9 Å². The summed E-state index contributed by atoms with van der Waals surface area (Å²) in [5, 5.41) is 11.7. The maximum absolute atomic E-state index is 13.8. The lowest BCUT2D eigenvalue weighted by molar-refractivity contribution is -0.132. The van der Waals surface area contributed by atoms with Gasteiger partial charge in [0.15, 0.2) is 5.96 Å². The van der Waals surface area contributed by atoms with Gasteiger partial charge in [-0.05, 0) is 55.4 Å². The number of ether oxygens (including phenoxy) is 2. The number of hydrogen-bond acceptors (Lipinski definition) is 6. The molecule has 1 heterocycles. The molecule has 0 aromatic heterocycles. The number of hydrogen-bond donors (Lipinski definition) is 3. The number of nitrogens with two attached hydrogens (primary N) is 1. The molecule has 2 aromatic rings. The van der Waals surface area contributed by atoms with Crippen LogP contribution in [0.2, 0.25) is 0 Å². The number of carbonyl (C=O) groups is 3. The lowest BCUT2D eigenvalue weighted by Crippen LogP contribution is -2.53. The van der Waals surface area contributed by atoms with E-state index in [0.717, 1.165) is 11.1 Å². The highest BCUT2D eigenvalue weighted by Crippen LogP contribution is 2.35. The Hall–Kier alpha value is -4.08. The van der Waals surface area contributed by atoms with Gasteiger partial charge in [-0.2, -0.15) is 0 Å². The van der Waals surface area contributed by atoms with Crippen LogP contribution in [0.15, 0.2) is 54.6 Å². The topological polar surface area (TPSA) is 138 Å². The number of amides is 3. The van der Waals surface area contributed by atoms with Crippen molar-refractivity contribution in [2.75, 3.05) is 20.8 Å². The fourth-order valence-corrected chi connectivity index (χ4v) is 5.38. The molecule has 0 unspecified atom stereocenters. The molecule has 1 fully saturated rings. The number of primary amides is 1. The SMILES string of the molecule is COC(=O)N([C@@H](C)CCCN1C(=N)N[C@](CC(C)C)(c2ccccc2)C1=O)[C@@H](Cc1ccc(OC)cc1)C(N)=O. The Balaban J connectivity index is 1.73. The first-order valence-electron chi connectivity index (χ1n) is 13.6. The Morgan fingerprint density at radius 3 is 2.27 bits per heavy atom. The molecule has 0 saturated carbocycles. The molecule has 3 atom stereocenters. The molecule has 0 bridgehead atoms. The van der Waals surface area contributed by atoms with Crippen LogP contribution in [-0.4, -0.2) is 66.5 Å². The fourth-order valence-electron chi connectivity index (χ4n) is 5.38. The summed E-state index contributed by atoms with van der Waals surface area (Å²) in [5.74, 6) is 0.147. The van der Waals surface area contributed by atoms with Crippen LogP contribution in [0.25, 0.3) is 0 Å². The minimum atomic E-state index is -0.994. The third-order valence-electron chi connectivity index (χ3n) is 7.31. The van der Waals surface area contributed by atoms with Crippen LogP contribution >= 0.6 is 0 Å². The van der Waals surface area contributed by atoms with E-state index in [9.17, 15) is 14.4 Å². The average molecular weight is 552 g/mol. The van der Waals surface area contributed by atoms with Crippen LogP contribution in [-0.2, 0) is 26.3 Å². The fraction of sp³-hybridized carbons (Fsp3) is 0.467. The summed E-state index contributed by atoms with van der Waals surface area (Å²) in [5.41, 5.74) is 6.41. The smallest absolute Gasteiger partial charge is 0.410 e. The van der Waals surface area contributed by atoms with Crippen LogP contribution in [0.5, 0.6) is 5.75 Å². The summed E-state index contributed by atoms with van der Waals surface area (Å²) < 4.78 is 10.2. The summed E-state index contributed by atoms with van der Waals surface area (Å²) in [4.78, 5) is 41.9. The number of rotatable bonds is 13. The second-order valence-corrected chi connectivity index (χ2v) is 10.6. The molecule has 0 aliphatic carbocycles. The third kappa shape index (κ3) is 6.73. The highest BCUT2D eigenvalue weighted by Gasteiger charge is 2.50. The first kappa shape index (κ1) is 30.5. The molecule has 1 aliphatic heterocycles. The molecule has 3 rings (SSSR count). The molecule has 40 heavy (non-hydrogen) atoms. The van der Waals surface area contributed by atoms with E-state index >= 15 is 0 Å². The van der Waals surface area contributed by atoms with Gasteiger partial charge in [0.1, 0.15) is 17.3 Å². The van der Waals surface area contributed by atoms with E-state index in [-0.39, 0.29) is 30.8 Å². The van der Waals surface area contributed by atoms with Crippen molar-refractivity contribution in [1.82, 2.24) is 15.1 Å². The summed E-state index contributed by atoms with van der Waals surface area (Å²) in [7, 11) is 2.84. The highest BCUT2D eigenvalue weighted by molar-refractivity contribution is 6.08. The highest BCUT2D eigenvalue weighted by atomic mass is 16.5. The Bertz CT molecular complexity index is 1190. The Morgan fingerprint density at radius 2 is 1.73 bits per heavy atom. The van der Waals surface area contributed by atoms with E-state index in [0.29, 0.717) is 25.0 Å². The van der Waals surface area contributed by atoms with Crippen molar-refractivity contribution in [1.29, 1.82) is 5.41 Å². The van der Waals surface area contributed by atoms with Crippen LogP contribution in [0.4, 0.5) is 4.79 Å². The summed E-state index contributed by atoms with van der Waals surface area (Å²) >= 11 is 0. The monoisotopic (exact) mass is 551 g/mol. The molecule has 4 N–H and O–H groups in total. The number of nitrogens with zero attached hydrogens (tertiary/aromatic N) is 2. The van der Waals surface area contributed by atoms with Gasteiger partial charge in [0.05, 0.1) is 14.2 Å². The lowest BCUT2D eigenvalue weighted by Gasteiger charge is -2.34. The summed E-state index contributed by atoms with van der Waals surface area (Å²) in [6.45, 7) is 6.21. The Labute approximate surface area is 236 Å². The van der Waals surface area contributed by atoms with Crippen molar-refractivity contribution in [3.63, 3.8) is 0 Å². The van der Waals surface area contributed by atoms with Crippen molar-refractivity contribution in [2.45, 2.75) is 64.1 Å². The molecular weight excluding hydrogens is 510 g/mol. The minimum Gasteiger partial charge on any atom is -0.497 e. The van der Waals surface area contributed by atoms with Gasteiger partial charge >= 0.3 is 6.09 Å². The molecule has 0 spiro atoms. The molecule has 1 aliphatic rings. The maximum atomic E-state index is 13.8. The molecule has 216 valence electrons. The standard InChI is InChI=1S/C30H41N5O5/c1-20(2)19-30(23-11-7-6-8-12-23)27(37)34(28(32)33-30)17-9-10-21(3)35(29(38)40-5)25(26(31)36)18-22-13-15-24(39-4)16-14-22/h6-8,11-16,20-21,25H,9-10,17-19H2,1-5H3,(H2,31,36)(H2,32,33)/t21-,25-,30+/m0/s1. The second kappa shape index (κ2) is 13.3. The van der Waals surface area contributed by atoms with Gasteiger partial charge in [-0.1, -0.05) is 56.3 Å². The molecule has 3 amide bonds. The molecular formula is C30H41N5O5. The van der Waals surface area contributed by atoms with Crippen molar-refractivity contribution in [2.24, 2.45) is 11.7 Å². The van der Waals surface area contributed by atoms with E-state index in [2.05, 4.69) is 19.2 Å². The van der Waals surface area contributed by atoms with Crippen molar-refractivity contribution in [3.8, 4) is 5.75 Å². The average Bonchev–Trinajstić information content (AvgIpc) is 3.17. The van der Waals surface area contributed by atoms with E-state index < -0.39 is 29.6 Å². The largest absolute Gasteiger partial charge is 0.497 e. The normalized spacial score (nSPS) is 18.3. The predicted molar refractivity (Wildman–Crippen MR) is 153 cm³/mol. The predicted octanol–water partition coefficient (Wildman–Crippen LogP) is 3.64. The summed E-state index contributed by atoms with van der Waals surface area (Å²) in [6.07, 6.45) is 1.06. The third-order valence-corrected chi connectivity index (χ3v) is 7.31. The molecule has 0 radical (unpaired) electrons. The zero-order valence-corrected chi connectivity index (χ0v) is 24.0. The van der Waals surface area contributed by atoms with Gasteiger partial charge in [-0.25, -0.2) is 4.79 Å². The van der Waals surface area contributed by atoms with Crippen molar-refractivity contribution < 1.29 is 23.9 Å². The quantitative estimate of drug-likeness (QED) is 0.348. The molecule has 10 nitrogen and oxygen atoms in total.